The molecule has 0 aromatic rings. The molecule has 0 amide bonds. The molecule has 62 valence electrons. The summed E-state index contributed by atoms with van der Waals surface area (Å²) in [6.07, 6.45) is 0.469. The van der Waals surface area contributed by atoms with Crippen LogP contribution in [0.25, 0.3) is 0 Å². The first-order chi connectivity index (χ1) is 5.00. The second kappa shape index (κ2) is 4.06. The number of allylic oxidation sites excluding steroid dienone is 2. The molecule has 0 unspecified atom stereocenters. The van der Waals surface area contributed by atoms with E-state index in [9.17, 15) is 9.59 Å². The van der Waals surface area contributed by atoms with Crippen LogP contribution >= 0.6 is 0 Å². The van der Waals surface area contributed by atoms with E-state index < -0.39 is 0 Å². The third-order valence-electron chi connectivity index (χ3n) is 1.83. The number of carbonyl (C=O) groups is 2. The minimum absolute atomic E-state index is 0.0238. The van der Waals surface area contributed by atoms with Gasteiger partial charge in [0.2, 0.25) is 0 Å². The van der Waals surface area contributed by atoms with Gasteiger partial charge in [-0.2, -0.15) is 0 Å². The lowest BCUT2D eigenvalue weighted by atomic mass is 10.0. The Kier molecular flexibility index (Phi) is 3.72. The Morgan fingerprint density at radius 2 is 1.45 bits per heavy atom. The summed E-state index contributed by atoms with van der Waals surface area (Å²) < 4.78 is 0. The minimum Gasteiger partial charge on any atom is -0.295 e. The van der Waals surface area contributed by atoms with E-state index >= 15 is 0 Å². The molecular formula is C9H14O2. The first-order valence-electron chi connectivity index (χ1n) is 3.72. The first-order valence-corrected chi connectivity index (χ1v) is 3.72. The van der Waals surface area contributed by atoms with Gasteiger partial charge in [-0.15, -0.1) is 0 Å². The summed E-state index contributed by atoms with van der Waals surface area (Å²) in [5.74, 6) is 0.0296. The predicted octanol–water partition coefficient (Wildman–Crippen LogP) is 1.89. The van der Waals surface area contributed by atoms with Crippen molar-refractivity contribution in [3.8, 4) is 0 Å². The monoisotopic (exact) mass is 154 g/mol. The number of rotatable bonds is 3. The van der Waals surface area contributed by atoms with Gasteiger partial charge in [0.15, 0.2) is 11.6 Å². The Bertz CT molecular complexity index is 212. The molecule has 0 aromatic heterocycles. The van der Waals surface area contributed by atoms with Crippen molar-refractivity contribution in [3.63, 3.8) is 0 Å². The van der Waals surface area contributed by atoms with Crippen molar-refractivity contribution in [2.24, 2.45) is 0 Å². The number of carbonyl (C=O) groups excluding carboxylic acids is 2. The topological polar surface area (TPSA) is 34.1 Å². The molecule has 0 rings (SSSR count). The number of hydrogen-bond donors (Lipinski definition) is 0. The Morgan fingerprint density at radius 1 is 1.00 bits per heavy atom. The van der Waals surface area contributed by atoms with Gasteiger partial charge in [0.25, 0.3) is 0 Å². The molecule has 0 aliphatic heterocycles. The Morgan fingerprint density at radius 3 is 1.73 bits per heavy atom. The summed E-state index contributed by atoms with van der Waals surface area (Å²) in [6.45, 7) is 6.65. The average Bonchev–Trinajstić information content (AvgIpc) is 2.00. The van der Waals surface area contributed by atoms with Gasteiger partial charge in [0.1, 0.15) is 0 Å². The van der Waals surface area contributed by atoms with Crippen LogP contribution in [0.5, 0.6) is 0 Å². The van der Waals surface area contributed by atoms with Crippen molar-refractivity contribution in [1.29, 1.82) is 0 Å². The molecule has 2 heteroatoms. The van der Waals surface area contributed by atoms with E-state index in [0.29, 0.717) is 17.6 Å². The highest BCUT2D eigenvalue weighted by Gasteiger charge is 2.07. The van der Waals surface area contributed by atoms with Crippen molar-refractivity contribution in [1.82, 2.24) is 0 Å². The molecule has 0 heterocycles. The van der Waals surface area contributed by atoms with Crippen molar-refractivity contribution < 1.29 is 9.59 Å². The largest absolute Gasteiger partial charge is 0.295 e. The van der Waals surface area contributed by atoms with Crippen molar-refractivity contribution in [3.05, 3.63) is 11.1 Å². The summed E-state index contributed by atoms with van der Waals surface area (Å²) in [5, 5.41) is 0. The molecule has 0 radical (unpaired) electrons. The van der Waals surface area contributed by atoms with Gasteiger partial charge in [-0.3, -0.25) is 9.59 Å². The van der Waals surface area contributed by atoms with E-state index in [4.69, 9.17) is 0 Å². The van der Waals surface area contributed by atoms with Crippen LogP contribution in [0, 0.1) is 0 Å². The molecule has 0 aromatic carbocycles. The van der Waals surface area contributed by atoms with E-state index in [1.807, 2.05) is 0 Å². The summed E-state index contributed by atoms with van der Waals surface area (Å²) in [6, 6.07) is 0. The van der Waals surface area contributed by atoms with Crippen LogP contribution in [0.1, 0.15) is 34.1 Å². The Hall–Kier alpha value is -0.920. The van der Waals surface area contributed by atoms with Crippen LogP contribution in [0.3, 0.4) is 0 Å². The summed E-state index contributed by atoms with van der Waals surface area (Å²) in [7, 11) is 0. The lowest BCUT2D eigenvalue weighted by Gasteiger charge is -2.00. The average molecular weight is 154 g/mol. The SMILES string of the molecule is CCC(=O)C(C)=C(C)C(C)=O. The fourth-order valence-electron chi connectivity index (χ4n) is 0.738. The number of ketones is 2. The van der Waals surface area contributed by atoms with E-state index in [1.165, 1.54) is 6.92 Å². The molecule has 11 heavy (non-hydrogen) atoms. The molecule has 0 fully saturated rings. The van der Waals surface area contributed by atoms with Gasteiger partial charge < -0.3 is 0 Å². The minimum atomic E-state index is -0.0238. The molecule has 0 saturated heterocycles. The maximum absolute atomic E-state index is 11.0. The second-order valence-corrected chi connectivity index (χ2v) is 2.58. The highest BCUT2D eigenvalue weighted by molar-refractivity contribution is 6.04. The quantitative estimate of drug-likeness (QED) is 0.582. The van der Waals surface area contributed by atoms with E-state index in [1.54, 1.807) is 20.8 Å². The standard InChI is InChI=1S/C9H14O2/c1-5-9(11)7(3)6(2)8(4)10/h5H2,1-4H3. The smallest absolute Gasteiger partial charge is 0.158 e. The van der Waals surface area contributed by atoms with E-state index in [0.717, 1.165) is 0 Å². The zero-order valence-corrected chi connectivity index (χ0v) is 7.52. The van der Waals surface area contributed by atoms with Crippen molar-refractivity contribution in [2.45, 2.75) is 34.1 Å². The molecule has 0 N–H and O–H groups in total. The van der Waals surface area contributed by atoms with E-state index in [-0.39, 0.29) is 11.6 Å². The lowest BCUT2D eigenvalue weighted by molar-refractivity contribution is -0.117. The zero-order valence-electron chi connectivity index (χ0n) is 7.52. The second-order valence-electron chi connectivity index (χ2n) is 2.58. The van der Waals surface area contributed by atoms with Crippen LogP contribution in [0.4, 0.5) is 0 Å². The molecule has 0 atom stereocenters. The Balaban J connectivity index is 4.66. The fraction of sp³-hybridized carbons (Fsp3) is 0.556. The molecule has 0 spiro atoms. The number of hydrogen-bond acceptors (Lipinski definition) is 2. The predicted molar refractivity (Wildman–Crippen MR) is 44.4 cm³/mol. The third-order valence-corrected chi connectivity index (χ3v) is 1.83. The van der Waals surface area contributed by atoms with Crippen LogP contribution in [-0.2, 0) is 9.59 Å². The van der Waals surface area contributed by atoms with Gasteiger partial charge >= 0.3 is 0 Å². The third kappa shape index (κ3) is 2.66. The highest BCUT2D eigenvalue weighted by atomic mass is 16.1. The molecular weight excluding hydrogens is 140 g/mol. The summed E-state index contributed by atoms with van der Waals surface area (Å²) in [4.78, 5) is 21.8. The maximum Gasteiger partial charge on any atom is 0.158 e. The number of Topliss-reactive ketones (excluding diaryl/α,β-unsaturated/α-hetero) is 2. The molecule has 0 aliphatic carbocycles. The highest BCUT2D eigenvalue weighted by Crippen LogP contribution is 2.06. The zero-order chi connectivity index (χ0) is 9.02. The van der Waals surface area contributed by atoms with Crippen molar-refractivity contribution >= 4 is 11.6 Å². The van der Waals surface area contributed by atoms with Crippen LogP contribution in [0.15, 0.2) is 11.1 Å². The van der Waals surface area contributed by atoms with Crippen LogP contribution in [0.2, 0.25) is 0 Å². The van der Waals surface area contributed by atoms with Gasteiger partial charge in [-0.05, 0) is 31.9 Å². The van der Waals surface area contributed by atoms with Gasteiger partial charge in [-0.1, -0.05) is 6.92 Å². The normalized spacial score (nSPS) is 12.4. The van der Waals surface area contributed by atoms with Crippen LogP contribution < -0.4 is 0 Å². The van der Waals surface area contributed by atoms with E-state index in [2.05, 4.69) is 0 Å². The fourth-order valence-corrected chi connectivity index (χ4v) is 0.738. The maximum atomic E-state index is 11.0. The molecule has 0 saturated carbocycles. The van der Waals surface area contributed by atoms with Crippen molar-refractivity contribution in [2.75, 3.05) is 0 Å². The summed E-state index contributed by atoms with van der Waals surface area (Å²) in [5.41, 5.74) is 1.18. The first kappa shape index (κ1) is 10.1. The Labute approximate surface area is 67.3 Å². The van der Waals surface area contributed by atoms with Crippen LogP contribution in [-0.4, -0.2) is 11.6 Å². The molecule has 0 bridgehead atoms. The van der Waals surface area contributed by atoms with Gasteiger partial charge in [-0.25, -0.2) is 0 Å². The van der Waals surface area contributed by atoms with Gasteiger partial charge in [0.05, 0.1) is 0 Å². The lowest BCUT2D eigenvalue weighted by Crippen LogP contribution is -2.04. The molecule has 0 aliphatic rings. The van der Waals surface area contributed by atoms with Gasteiger partial charge in [0, 0.05) is 6.42 Å². The summed E-state index contributed by atoms with van der Waals surface area (Å²) >= 11 is 0. The molecule has 2 nitrogen and oxygen atoms in total.